The SMILES string of the molecule is CC1=C(C(=O)N2CCCCC2)C=c2c([nH]c(=O)c3cnn(C4CCOCC4)c23)=CC1. The van der Waals surface area contributed by atoms with Crippen LogP contribution in [0.3, 0.4) is 0 Å². The molecule has 2 aliphatic heterocycles. The van der Waals surface area contributed by atoms with E-state index in [1.807, 2.05) is 28.7 Å². The maximum Gasteiger partial charge on any atom is 0.259 e. The van der Waals surface area contributed by atoms with Gasteiger partial charge in [0.15, 0.2) is 0 Å². The highest BCUT2D eigenvalue weighted by molar-refractivity contribution is 6.03. The second-order valence-corrected chi connectivity index (χ2v) is 8.58. The number of aromatic nitrogens is 3. The predicted octanol–water partition coefficient (Wildman–Crippen LogP) is 1.37. The topological polar surface area (TPSA) is 80.2 Å². The van der Waals surface area contributed by atoms with Gasteiger partial charge in [0.25, 0.3) is 11.5 Å². The van der Waals surface area contributed by atoms with Crippen LogP contribution in [-0.4, -0.2) is 51.9 Å². The van der Waals surface area contributed by atoms with Crippen molar-refractivity contribution in [3.8, 4) is 0 Å². The summed E-state index contributed by atoms with van der Waals surface area (Å²) in [6.07, 6.45) is 11.4. The van der Waals surface area contributed by atoms with E-state index >= 15 is 0 Å². The Bertz CT molecular complexity index is 1190. The number of hydrogen-bond donors (Lipinski definition) is 1. The molecule has 0 radical (unpaired) electrons. The van der Waals surface area contributed by atoms with Gasteiger partial charge >= 0.3 is 0 Å². The average Bonchev–Trinajstić information content (AvgIpc) is 3.17. The molecule has 0 atom stereocenters. The van der Waals surface area contributed by atoms with E-state index < -0.39 is 0 Å². The monoisotopic (exact) mass is 408 g/mol. The average molecular weight is 409 g/mol. The third-order valence-electron chi connectivity index (χ3n) is 6.60. The number of ether oxygens (including phenoxy) is 1. The number of amides is 1. The van der Waals surface area contributed by atoms with Crippen molar-refractivity contribution in [3.05, 3.63) is 38.3 Å². The molecule has 30 heavy (non-hydrogen) atoms. The third kappa shape index (κ3) is 3.31. The van der Waals surface area contributed by atoms with E-state index in [9.17, 15) is 9.59 Å². The lowest BCUT2D eigenvalue weighted by Crippen LogP contribution is -2.39. The molecule has 2 fully saturated rings. The van der Waals surface area contributed by atoms with Crippen LogP contribution in [0.25, 0.3) is 23.1 Å². The number of nitrogens with one attached hydrogen (secondary N) is 1. The second-order valence-electron chi connectivity index (χ2n) is 8.58. The zero-order valence-electron chi connectivity index (χ0n) is 17.4. The van der Waals surface area contributed by atoms with Crippen molar-refractivity contribution >= 4 is 29.0 Å². The lowest BCUT2D eigenvalue weighted by molar-refractivity contribution is -0.127. The molecular weight excluding hydrogens is 380 g/mol. The van der Waals surface area contributed by atoms with Crippen molar-refractivity contribution in [1.82, 2.24) is 19.7 Å². The van der Waals surface area contributed by atoms with Crippen molar-refractivity contribution in [2.45, 2.75) is 51.5 Å². The Kier molecular flexibility index (Phi) is 5.06. The number of hydrogen-bond acceptors (Lipinski definition) is 4. The van der Waals surface area contributed by atoms with Gasteiger partial charge in [0.05, 0.1) is 23.1 Å². The van der Waals surface area contributed by atoms with Crippen molar-refractivity contribution in [2.75, 3.05) is 26.3 Å². The van der Waals surface area contributed by atoms with E-state index in [1.165, 1.54) is 6.42 Å². The number of carbonyl (C=O) groups excluding carboxylic acids is 1. The second kappa shape index (κ2) is 7.87. The fourth-order valence-corrected chi connectivity index (χ4v) is 4.84. The first-order chi connectivity index (χ1) is 14.6. The largest absolute Gasteiger partial charge is 0.381 e. The smallest absolute Gasteiger partial charge is 0.259 e. The summed E-state index contributed by atoms with van der Waals surface area (Å²) in [6.45, 7) is 5.05. The number of carbonyl (C=O) groups is 1. The molecule has 5 rings (SSSR count). The highest BCUT2D eigenvalue weighted by Crippen LogP contribution is 2.23. The van der Waals surface area contributed by atoms with Gasteiger partial charge in [-0.2, -0.15) is 5.10 Å². The maximum absolute atomic E-state index is 13.4. The van der Waals surface area contributed by atoms with Crippen LogP contribution in [0.2, 0.25) is 0 Å². The number of allylic oxidation sites excluding steroid dienone is 1. The van der Waals surface area contributed by atoms with Crippen LogP contribution in [0.1, 0.15) is 51.5 Å². The summed E-state index contributed by atoms with van der Waals surface area (Å²) in [4.78, 5) is 31.1. The maximum atomic E-state index is 13.4. The summed E-state index contributed by atoms with van der Waals surface area (Å²) < 4.78 is 7.50. The Labute approximate surface area is 174 Å². The highest BCUT2D eigenvalue weighted by Gasteiger charge is 2.24. The predicted molar refractivity (Wildman–Crippen MR) is 115 cm³/mol. The minimum atomic E-state index is -0.129. The molecule has 0 saturated carbocycles. The van der Waals surface area contributed by atoms with Crippen LogP contribution in [-0.2, 0) is 9.53 Å². The number of nitrogens with zero attached hydrogens (tertiary/aromatic N) is 3. The first-order valence-electron chi connectivity index (χ1n) is 11.0. The lowest BCUT2D eigenvalue weighted by Gasteiger charge is -2.27. The Morgan fingerprint density at radius 1 is 1.20 bits per heavy atom. The lowest BCUT2D eigenvalue weighted by atomic mass is 10.0. The number of piperidine rings is 1. The zero-order chi connectivity index (χ0) is 20.7. The van der Waals surface area contributed by atoms with E-state index in [1.54, 1.807) is 6.20 Å². The van der Waals surface area contributed by atoms with E-state index in [-0.39, 0.29) is 17.5 Å². The van der Waals surface area contributed by atoms with E-state index in [4.69, 9.17) is 4.74 Å². The minimum absolute atomic E-state index is 0.102. The quantitative estimate of drug-likeness (QED) is 0.814. The molecule has 2 aromatic heterocycles. The van der Waals surface area contributed by atoms with Crippen LogP contribution in [0.4, 0.5) is 0 Å². The van der Waals surface area contributed by atoms with Gasteiger partial charge in [-0.15, -0.1) is 0 Å². The standard InChI is InChI=1S/C23H28N4O3/c1-15-5-6-20-18(13-17(15)23(29)26-9-3-2-4-10-26)21-19(22(28)25-20)14-24-27(21)16-7-11-30-12-8-16/h6,13-14,16H,2-5,7-12H2,1H3,(H,25,28). The summed E-state index contributed by atoms with van der Waals surface area (Å²) in [5.41, 5.74) is 2.48. The summed E-state index contributed by atoms with van der Waals surface area (Å²) >= 11 is 0. The van der Waals surface area contributed by atoms with Gasteiger partial charge < -0.3 is 14.6 Å². The van der Waals surface area contributed by atoms with Crippen LogP contribution >= 0.6 is 0 Å². The molecule has 0 bridgehead atoms. The van der Waals surface area contributed by atoms with Gasteiger partial charge in [-0.3, -0.25) is 14.3 Å². The number of rotatable bonds is 2. The molecule has 0 unspecified atom stereocenters. The summed E-state index contributed by atoms with van der Waals surface area (Å²) in [5, 5.41) is 6.85. The zero-order valence-corrected chi connectivity index (χ0v) is 17.4. The molecule has 4 heterocycles. The minimum Gasteiger partial charge on any atom is -0.381 e. The van der Waals surface area contributed by atoms with E-state index in [0.29, 0.717) is 25.0 Å². The fourth-order valence-electron chi connectivity index (χ4n) is 4.84. The van der Waals surface area contributed by atoms with Crippen molar-refractivity contribution in [3.63, 3.8) is 0 Å². The summed E-state index contributed by atoms with van der Waals surface area (Å²) in [6, 6.07) is 0.199. The van der Waals surface area contributed by atoms with Crippen LogP contribution < -0.4 is 16.1 Å². The summed E-state index contributed by atoms with van der Waals surface area (Å²) in [7, 11) is 0. The third-order valence-corrected chi connectivity index (χ3v) is 6.60. The van der Waals surface area contributed by atoms with Gasteiger partial charge in [-0.25, -0.2) is 0 Å². The van der Waals surface area contributed by atoms with Gasteiger partial charge in [0.2, 0.25) is 0 Å². The Morgan fingerprint density at radius 2 is 1.97 bits per heavy atom. The van der Waals surface area contributed by atoms with Crippen LogP contribution in [0, 0.1) is 0 Å². The number of H-pyrrole nitrogens is 1. The highest BCUT2D eigenvalue weighted by atomic mass is 16.5. The van der Waals surface area contributed by atoms with E-state index in [2.05, 4.69) is 10.1 Å². The number of likely N-dealkylation sites (tertiary alicyclic amines) is 1. The van der Waals surface area contributed by atoms with Crippen molar-refractivity contribution in [1.29, 1.82) is 0 Å². The van der Waals surface area contributed by atoms with Crippen molar-refractivity contribution in [2.24, 2.45) is 0 Å². The van der Waals surface area contributed by atoms with Crippen molar-refractivity contribution < 1.29 is 9.53 Å². The number of aromatic amines is 1. The summed E-state index contributed by atoms with van der Waals surface area (Å²) in [5.74, 6) is 0.102. The molecule has 2 aromatic rings. The molecule has 158 valence electrons. The van der Waals surface area contributed by atoms with Gasteiger partial charge in [0.1, 0.15) is 0 Å². The van der Waals surface area contributed by atoms with E-state index in [0.717, 1.165) is 66.0 Å². The van der Waals surface area contributed by atoms with Gasteiger partial charge in [-0.1, -0.05) is 11.6 Å². The van der Waals surface area contributed by atoms with Gasteiger partial charge in [0, 0.05) is 42.4 Å². The Balaban J connectivity index is 1.70. The molecule has 7 nitrogen and oxygen atoms in total. The Hall–Kier alpha value is -2.67. The molecule has 3 aliphatic rings. The molecule has 1 amide bonds. The van der Waals surface area contributed by atoms with Crippen LogP contribution in [0.5, 0.6) is 0 Å². The molecule has 2 saturated heterocycles. The van der Waals surface area contributed by atoms with Crippen LogP contribution in [0.15, 0.2) is 22.1 Å². The first kappa shape index (κ1) is 19.3. The molecule has 7 heteroatoms. The van der Waals surface area contributed by atoms with Gasteiger partial charge in [-0.05, 0) is 51.5 Å². The molecule has 1 N–H and O–H groups in total. The molecule has 0 spiro atoms. The number of pyridine rings is 1. The Morgan fingerprint density at radius 3 is 2.73 bits per heavy atom. The molecule has 1 aliphatic carbocycles. The fraction of sp³-hybridized carbons (Fsp3) is 0.522. The molecule has 0 aromatic carbocycles. The number of fused-ring (bicyclic) bond motifs is 3. The molecular formula is C23H28N4O3. The normalized spacial score (nSPS) is 20.5. The first-order valence-corrected chi connectivity index (χ1v) is 11.0.